The van der Waals surface area contributed by atoms with Gasteiger partial charge in [0, 0.05) is 57.2 Å². The Hall–Kier alpha value is -2.33. The van der Waals surface area contributed by atoms with Crippen LogP contribution in [0.15, 0.2) is 12.4 Å². The van der Waals surface area contributed by atoms with E-state index in [9.17, 15) is 0 Å². The van der Waals surface area contributed by atoms with Gasteiger partial charge in [-0.15, -0.1) is 10.2 Å². The lowest BCUT2D eigenvalue weighted by Crippen LogP contribution is -2.47. The maximum atomic E-state index is 5.08. The molecule has 0 bridgehead atoms. The second kappa shape index (κ2) is 6.29. The molecule has 0 aliphatic carbocycles. The standard InChI is InChI=1S/C14H18N8OS/c1-10-17-18-13-12(15-3-4-22(10)13)20-5-7-21(8-6-20)14-16-11(9-23-2)19-24-14/h3-4H,5-9H2,1-2H3. The van der Waals surface area contributed by atoms with Crippen LogP contribution in [-0.4, -0.2) is 62.2 Å². The van der Waals surface area contributed by atoms with Gasteiger partial charge in [-0.1, -0.05) is 0 Å². The molecule has 0 saturated carbocycles. The third-order valence-electron chi connectivity index (χ3n) is 4.06. The molecule has 3 aromatic heterocycles. The molecule has 0 unspecified atom stereocenters. The molecule has 0 radical (unpaired) electrons. The molecule has 0 amide bonds. The third-order valence-corrected chi connectivity index (χ3v) is 4.87. The number of piperazine rings is 1. The maximum absolute atomic E-state index is 5.08. The van der Waals surface area contributed by atoms with Gasteiger partial charge in [-0.25, -0.2) is 9.97 Å². The van der Waals surface area contributed by atoms with Crippen LogP contribution in [0.25, 0.3) is 5.65 Å². The molecular weight excluding hydrogens is 328 g/mol. The van der Waals surface area contributed by atoms with Gasteiger partial charge in [0.15, 0.2) is 11.6 Å². The molecule has 3 aromatic rings. The first-order valence-electron chi connectivity index (χ1n) is 7.74. The van der Waals surface area contributed by atoms with Gasteiger partial charge in [-0.2, -0.15) is 4.37 Å². The molecule has 1 aliphatic heterocycles. The zero-order valence-corrected chi connectivity index (χ0v) is 14.4. The van der Waals surface area contributed by atoms with Crippen LogP contribution in [0, 0.1) is 6.92 Å². The number of hydrogen-bond acceptors (Lipinski definition) is 9. The summed E-state index contributed by atoms with van der Waals surface area (Å²) in [7, 11) is 1.65. The van der Waals surface area contributed by atoms with Gasteiger partial charge in [0.2, 0.25) is 10.8 Å². The SMILES string of the molecule is COCc1nsc(N2CCN(c3nccn4c(C)nnc34)CC2)n1. The lowest BCUT2D eigenvalue weighted by molar-refractivity contribution is 0.179. The van der Waals surface area contributed by atoms with E-state index in [1.807, 2.05) is 17.5 Å². The van der Waals surface area contributed by atoms with Crippen LogP contribution in [0.3, 0.4) is 0 Å². The largest absolute Gasteiger partial charge is 0.377 e. The van der Waals surface area contributed by atoms with Crippen molar-refractivity contribution >= 4 is 28.1 Å². The number of hydrogen-bond donors (Lipinski definition) is 0. The highest BCUT2D eigenvalue weighted by atomic mass is 32.1. The fourth-order valence-electron chi connectivity index (χ4n) is 2.82. The molecule has 4 rings (SSSR count). The summed E-state index contributed by atoms with van der Waals surface area (Å²) < 4.78 is 11.4. The summed E-state index contributed by atoms with van der Waals surface area (Å²) in [4.78, 5) is 13.5. The molecule has 10 heteroatoms. The normalized spacial score (nSPS) is 15.4. The van der Waals surface area contributed by atoms with Crippen molar-refractivity contribution in [3.8, 4) is 0 Å². The summed E-state index contributed by atoms with van der Waals surface area (Å²) in [6, 6.07) is 0. The minimum absolute atomic E-state index is 0.453. The number of methoxy groups -OCH3 is 1. The molecule has 0 aromatic carbocycles. The Balaban J connectivity index is 1.49. The first-order valence-corrected chi connectivity index (χ1v) is 8.51. The quantitative estimate of drug-likeness (QED) is 0.684. The zero-order chi connectivity index (χ0) is 16.5. The molecule has 9 nitrogen and oxygen atoms in total. The van der Waals surface area contributed by atoms with Crippen molar-refractivity contribution in [2.45, 2.75) is 13.5 Å². The monoisotopic (exact) mass is 346 g/mol. The van der Waals surface area contributed by atoms with Crippen LogP contribution in [-0.2, 0) is 11.3 Å². The maximum Gasteiger partial charge on any atom is 0.205 e. The van der Waals surface area contributed by atoms with Gasteiger partial charge in [0.1, 0.15) is 12.4 Å². The van der Waals surface area contributed by atoms with Crippen LogP contribution in [0.5, 0.6) is 0 Å². The molecule has 0 N–H and O–H groups in total. The van der Waals surface area contributed by atoms with Crippen LogP contribution in [0.4, 0.5) is 10.9 Å². The topological polar surface area (TPSA) is 84.6 Å². The zero-order valence-electron chi connectivity index (χ0n) is 13.6. The third kappa shape index (κ3) is 2.67. The summed E-state index contributed by atoms with van der Waals surface area (Å²) in [5, 5.41) is 9.35. The Kier molecular flexibility index (Phi) is 3.98. The minimum Gasteiger partial charge on any atom is -0.377 e. The lowest BCUT2D eigenvalue weighted by Gasteiger charge is -2.34. The predicted octanol–water partition coefficient (Wildman–Crippen LogP) is 0.757. The number of aromatic nitrogens is 6. The highest BCUT2D eigenvalue weighted by molar-refractivity contribution is 7.09. The highest BCUT2D eigenvalue weighted by Gasteiger charge is 2.23. The first kappa shape index (κ1) is 15.2. The second-order valence-corrected chi connectivity index (χ2v) is 6.32. The first-order chi connectivity index (χ1) is 11.8. The highest BCUT2D eigenvalue weighted by Crippen LogP contribution is 2.23. The van der Waals surface area contributed by atoms with Crippen LogP contribution < -0.4 is 9.80 Å². The number of aryl methyl sites for hydroxylation is 1. The van der Waals surface area contributed by atoms with Crippen molar-refractivity contribution in [2.75, 3.05) is 43.1 Å². The van der Waals surface area contributed by atoms with Gasteiger partial charge in [-0.3, -0.25) is 4.40 Å². The van der Waals surface area contributed by atoms with E-state index < -0.39 is 0 Å². The van der Waals surface area contributed by atoms with Crippen molar-refractivity contribution in [1.82, 2.24) is 28.9 Å². The molecule has 1 fully saturated rings. The van der Waals surface area contributed by atoms with Gasteiger partial charge in [0.25, 0.3) is 0 Å². The number of anilines is 2. The fourth-order valence-corrected chi connectivity index (χ4v) is 3.55. The molecule has 1 aliphatic rings. The summed E-state index contributed by atoms with van der Waals surface area (Å²) in [6.07, 6.45) is 3.69. The smallest absolute Gasteiger partial charge is 0.205 e. The lowest BCUT2D eigenvalue weighted by atomic mass is 10.3. The van der Waals surface area contributed by atoms with E-state index in [1.54, 1.807) is 13.3 Å². The fraction of sp³-hybridized carbons (Fsp3) is 0.500. The van der Waals surface area contributed by atoms with E-state index in [4.69, 9.17) is 4.74 Å². The summed E-state index contributed by atoms with van der Waals surface area (Å²) in [5.74, 6) is 2.49. The number of fused-ring (bicyclic) bond motifs is 1. The van der Waals surface area contributed by atoms with E-state index >= 15 is 0 Å². The number of ether oxygens (including phenoxy) is 1. The van der Waals surface area contributed by atoms with Crippen molar-refractivity contribution < 1.29 is 4.74 Å². The van der Waals surface area contributed by atoms with Gasteiger partial charge in [0.05, 0.1) is 0 Å². The van der Waals surface area contributed by atoms with E-state index in [-0.39, 0.29) is 0 Å². The average Bonchev–Trinajstić information content (AvgIpc) is 3.23. The van der Waals surface area contributed by atoms with Crippen LogP contribution in [0.1, 0.15) is 11.6 Å². The van der Waals surface area contributed by atoms with Gasteiger partial charge < -0.3 is 14.5 Å². The molecule has 24 heavy (non-hydrogen) atoms. The Labute approximate surface area is 143 Å². The molecule has 126 valence electrons. The van der Waals surface area contributed by atoms with Crippen molar-refractivity contribution in [2.24, 2.45) is 0 Å². The van der Waals surface area contributed by atoms with Crippen molar-refractivity contribution in [1.29, 1.82) is 0 Å². The molecule has 1 saturated heterocycles. The minimum atomic E-state index is 0.453. The Morgan fingerprint density at radius 1 is 1.17 bits per heavy atom. The van der Waals surface area contributed by atoms with Crippen molar-refractivity contribution in [3.63, 3.8) is 0 Å². The van der Waals surface area contributed by atoms with E-state index in [0.717, 1.165) is 54.4 Å². The molecule has 4 heterocycles. The van der Waals surface area contributed by atoms with Gasteiger partial charge in [-0.05, 0) is 6.92 Å². The summed E-state index contributed by atoms with van der Waals surface area (Å²) in [5.41, 5.74) is 0.807. The van der Waals surface area contributed by atoms with E-state index in [2.05, 4.69) is 34.3 Å². The summed E-state index contributed by atoms with van der Waals surface area (Å²) in [6.45, 7) is 5.86. The van der Waals surface area contributed by atoms with Crippen LogP contribution in [0.2, 0.25) is 0 Å². The Morgan fingerprint density at radius 2 is 1.96 bits per heavy atom. The second-order valence-electron chi connectivity index (χ2n) is 5.59. The average molecular weight is 346 g/mol. The molecule has 0 spiro atoms. The van der Waals surface area contributed by atoms with E-state index in [0.29, 0.717) is 6.61 Å². The summed E-state index contributed by atoms with van der Waals surface area (Å²) >= 11 is 1.42. The van der Waals surface area contributed by atoms with Crippen molar-refractivity contribution in [3.05, 3.63) is 24.0 Å². The Bertz CT molecular complexity index is 838. The molecule has 0 atom stereocenters. The van der Waals surface area contributed by atoms with Crippen LogP contribution >= 0.6 is 11.5 Å². The predicted molar refractivity (Wildman–Crippen MR) is 90.6 cm³/mol. The van der Waals surface area contributed by atoms with Gasteiger partial charge >= 0.3 is 0 Å². The molecular formula is C14H18N8OS. The Morgan fingerprint density at radius 3 is 2.75 bits per heavy atom. The number of rotatable bonds is 4. The number of nitrogens with zero attached hydrogens (tertiary/aromatic N) is 8. The van der Waals surface area contributed by atoms with E-state index in [1.165, 1.54) is 11.5 Å².